The zero-order valence-electron chi connectivity index (χ0n) is 12.8. The lowest BCUT2D eigenvalue weighted by molar-refractivity contribution is 0.149. The lowest BCUT2D eigenvalue weighted by Crippen LogP contribution is -2.36. The van der Waals surface area contributed by atoms with Gasteiger partial charge < -0.3 is 19.2 Å². The summed E-state index contributed by atoms with van der Waals surface area (Å²) in [5.74, 6) is 0.592. The second-order valence-corrected chi connectivity index (χ2v) is 6.26. The van der Waals surface area contributed by atoms with Gasteiger partial charge in [-0.1, -0.05) is 6.92 Å². The Balaban J connectivity index is 2.85. The van der Waals surface area contributed by atoms with Crippen molar-refractivity contribution in [2.45, 2.75) is 18.6 Å². The van der Waals surface area contributed by atoms with E-state index in [0.717, 1.165) is 6.54 Å². The molecule has 0 saturated carbocycles. The molecule has 1 heterocycles. The van der Waals surface area contributed by atoms with Gasteiger partial charge in [0.05, 0.1) is 19.8 Å². The maximum Gasteiger partial charge on any atom is 0.276 e. The SMILES string of the molecule is CCNCc1ccc(S(=O)(=O)N(CCOC)CCOC)o1. The minimum Gasteiger partial charge on any atom is -0.447 e. The Morgan fingerprint density at radius 1 is 1.19 bits per heavy atom. The first-order valence-corrected chi connectivity index (χ1v) is 8.27. The van der Waals surface area contributed by atoms with Gasteiger partial charge in [-0.15, -0.1) is 0 Å². The van der Waals surface area contributed by atoms with Crippen LogP contribution in [0.25, 0.3) is 0 Å². The van der Waals surface area contributed by atoms with Crippen molar-refractivity contribution in [1.82, 2.24) is 9.62 Å². The van der Waals surface area contributed by atoms with Crippen molar-refractivity contribution in [3.8, 4) is 0 Å². The van der Waals surface area contributed by atoms with Crippen LogP contribution in [0.4, 0.5) is 0 Å². The molecule has 0 fully saturated rings. The van der Waals surface area contributed by atoms with Crippen LogP contribution in [0, 0.1) is 0 Å². The molecule has 1 rings (SSSR count). The van der Waals surface area contributed by atoms with Gasteiger partial charge in [0, 0.05) is 27.3 Å². The van der Waals surface area contributed by atoms with Crippen molar-refractivity contribution in [2.24, 2.45) is 0 Å². The van der Waals surface area contributed by atoms with Crippen molar-refractivity contribution in [2.75, 3.05) is 47.1 Å². The van der Waals surface area contributed by atoms with Gasteiger partial charge >= 0.3 is 0 Å². The smallest absolute Gasteiger partial charge is 0.276 e. The topological polar surface area (TPSA) is 81.0 Å². The van der Waals surface area contributed by atoms with Gasteiger partial charge in [-0.3, -0.25) is 0 Å². The standard InChI is InChI=1S/C13H24N2O5S/c1-4-14-11-12-5-6-13(20-12)21(16,17)15(7-9-18-2)8-10-19-3/h5-6,14H,4,7-11H2,1-3H3. The molecule has 7 nitrogen and oxygen atoms in total. The van der Waals surface area contributed by atoms with E-state index in [2.05, 4.69) is 5.32 Å². The van der Waals surface area contributed by atoms with E-state index in [0.29, 0.717) is 25.5 Å². The number of methoxy groups -OCH3 is 2. The van der Waals surface area contributed by atoms with E-state index in [-0.39, 0.29) is 18.2 Å². The van der Waals surface area contributed by atoms with Crippen LogP contribution in [-0.4, -0.2) is 59.8 Å². The molecule has 0 saturated heterocycles. The minimum absolute atomic E-state index is 0.0531. The van der Waals surface area contributed by atoms with Gasteiger partial charge in [0.25, 0.3) is 10.0 Å². The number of ether oxygens (including phenoxy) is 2. The van der Waals surface area contributed by atoms with Gasteiger partial charge in [0.15, 0.2) is 0 Å². The summed E-state index contributed by atoms with van der Waals surface area (Å²) in [4.78, 5) is 0. The van der Waals surface area contributed by atoms with E-state index >= 15 is 0 Å². The largest absolute Gasteiger partial charge is 0.447 e. The van der Waals surface area contributed by atoms with Crippen LogP contribution in [0.15, 0.2) is 21.6 Å². The van der Waals surface area contributed by atoms with Crippen molar-refractivity contribution < 1.29 is 22.3 Å². The molecule has 21 heavy (non-hydrogen) atoms. The molecule has 0 aliphatic heterocycles. The predicted molar refractivity (Wildman–Crippen MR) is 78.6 cm³/mol. The molecule has 8 heteroatoms. The second-order valence-electron chi connectivity index (χ2n) is 4.39. The van der Waals surface area contributed by atoms with E-state index in [9.17, 15) is 8.42 Å². The Labute approximate surface area is 126 Å². The fourth-order valence-electron chi connectivity index (χ4n) is 1.71. The highest BCUT2D eigenvalue weighted by molar-refractivity contribution is 7.89. The maximum absolute atomic E-state index is 12.5. The Bertz CT molecular complexity index is 492. The third-order valence-electron chi connectivity index (χ3n) is 2.87. The van der Waals surface area contributed by atoms with Gasteiger partial charge in [-0.05, 0) is 18.7 Å². The molecule has 122 valence electrons. The fourth-order valence-corrected chi connectivity index (χ4v) is 3.04. The average molecular weight is 320 g/mol. The monoisotopic (exact) mass is 320 g/mol. The fraction of sp³-hybridized carbons (Fsp3) is 0.692. The van der Waals surface area contributed by atoms with E-state index in [4.69, 9.17) is 13.9 Å². The Morgan fingerprint density at radius 3 is 2.33 bits per heavy atom. The third-order valence-corrected chi connectivity index (χ3v) is 4.64. The number of nitrogens with one attached hydrogen (secondary N) is 1. The molecule has 1 aromatic rings. The number of hydrogen-bond acceptors (Lipinski definition) is 6. The van der Waals surface area contributed by atoms with Crippen molar-refractivity contribution >= 4 is 10.0 Å². The van der Waals surface area contributed by atoms with Crippen LogP contribution in [0.1, 0.15) is 12.7 Å². The van der Waals surface area contributed by atoms with E-state index in [1.165, 1.54) is 24.6 Å². The minimum atomic E-state index is -3.67. The maximum atomic E-state index is 12.5. The van der Waals surface area contributed by atoms with Crippen molar-refractivity contribution in [3.63, 3.8) is 0 Å². The first-order valence-electron chi connectivity index (χ1n) is 6.83. The highest BCUT2D eigenvalue weighted by atomic mass is 32.2. The van der Waals surface area contributed by atoms with Gasteiger partial charge in [-0.25, -0.2) is 8.42 Å². The summed E-state index contributed by atoms with van der Waals surface area (Å²) in [6.45, 7) is 4.40. The molecule has 0 aliphatic rings. The molecule has 0 atom stereocenters. The lowest BCUT2D eigenvalue weighted by Gasteiger charge is -2.19. The molecule has 0 amide bonds. The highest BCUT2D eigenvalue weighted by Crippen LogP contribution is 2.18. The molecular formula is C13H24N2O5S. The summed E-state index contributed by atoms with van der Waals surface area (Å²) >= 11 is 0. The van der Waals surface area contributed by atoms with E-state index < -0.39 is 10.0 Å². The molecule has 0 spiro atoms. The molecule has 1 aromatic heterocycles. The van der Waals surface area contributed by atoms with Crippen LogP contribution in [0.5, 0.6) is 0 Å². The quantitative estimate of drug-likeness (QED) is 0.645. The number of nitrogens with zero attached hydrogens (tertiary/aromatic N) is 1. The highest BCUT2D eigenvalue weighted by Gasteiger charge is 2.27. The predicted octanol–water partition coefficient (Wildman–Crippen LogP) is 0.673. The number of rotatable bonds is 11. The lowest BCUT2D eigenvalue weighted by atomic mass is 10.4. The molecular weight excluding hydrogens is 296 g/mol. The third kappa shape index (κ3) is 5.40. The molecule has 0 aromatic carbocycles. The number of furan rings is 1. The van der Waals surface area contributed by atoms with Crippen LogP contribution in [0.3, 0.4) is 0 Å². The second kappa shape index (κ2) is 9.16. The first-order chi connectivity index (χ1) is 10.1. The van der Waals surface area contributed by atoms with Crippen molar-refractivity contribution in [3.05, 3.63) is 17.9 Å². The first kappa shape index (κ1) is 18.1. The summed E-state index contributed by atoms with van der Waals surface area (Å²) in [5.41, 5.74) is 0. The normalized spacial score (nSPS) is 12.2. The molecule has 0 radical (unpaired) electrons. The van der Waals surface area contributed by atoms with Crippen LogP contribution in [-0.2, 0) is 26.0 Å². The number of sulfonamides is 1. The Hall–Kier alpha value is -0.930. The Kier molecular flexibility index (Phi) is 7.91. The van der Waals surface area contributed by atoms with Gasteiger partial charge in [-0.2, -0.15) is 4.31 Å². The molecule has 0 unspecified atom stereocenters. The van der Waals surface area contributed by atoms with Gasteiger partial charge in [0.2, 0.25) is 5.09 Å². The summed E-state index contributed by atoms with van der Waals surface area (Å²) < 4.78 is 41.7. The molecule has 1 N–H and O–H groups in total. The Morgan fingerprint density at radius 2 is 1.81 bits per heavy atom. The summed E-state index contributed by atoms with van der Waals surface area (Å²) in [6, 6.07) is 3.15. The number of hydrogen-bond donors (Lipinski definition) is 1. The summed E-state index contributed by atoms with van der Waals surface area (Å²) in [6.07, 6.45) is 0. The van der Waals surface area contributed by atoms with Crippen molar-refractivity contribution in [1.29, 1.82) is 0 Å². The molecule has 0 aliphatic carbocycles. The summed E-state index contributed by atoms with van der Waals surface area (Å²) in [5, 5.41) is 3.03. The van der Waals surface area contributed by atoms with Crippen LogP contribution >= 0.6 is 0 Å². The van der Waals surface area contributed by atoms with E-state index in [1.54, 1.807) is 6.07 Å². The van der Waals surface area contributed by atoms with Crippen LogP contribution in [0.2, 0.25) is 0 Å². The van der Waals surface area contributed by atoms with Crippen LogP contribution < -0.4 is 5.32 Å². The summed E-state index contributed by atoms with van der Waals surface area (Å²) in [7, 11) is -0.610. The zero-order valence-corrected chi connectivity index (χ0v) is 13.6. The zero-order chi connectivity index (χ0) is 15.7. The van der Waals surface area contributed by atoms with Gasteiger partial charge in [0.1, 0.15) is 5.76 Å². The van der Waals surface area contributed by atoms with E-state index in [1.807, 2.05) is 6.92 Å². The molecule has 0 bridgehead atoms. The average Bonchev–Trinajstić information content (AvgIpc) is 2.94.